The van der Waals surface area contributed by atoms with Gasteiger partial charge in [-0.15, -0.1) is 0 Å². The number of benzene rings is 1. The first-order valence-corrected chi connectivity index (χ1v) is 8.98. The fourth-order valence-corrected chi connectivity index (χ4v) is 3.77. The van der Waals surface area contributed by atoms with Gasteiger partial charge in [0.05, 0.1) is 4.90 Å². The Balaban J connectivity index is 2.97. The molecule has 102 valence electrons. The lowest BCUT2D eigenvalue weighted by atomic mass is 10.2. The van der Waals surface area contributed by atoms with E-state index in [0.29, 0.717) is 17.6 Å². The molecule has 0 radical (unpaired) electrons. The first kappa shape index (κ1) is 16.0. The quantitative estimate of drug-likeness (QED) is 0.820. The molecule has 1 aromatic carbocycles. The van der Waals surface area contributed by atoms with Gasteiger partial charge in [-0.1, -0.05) is 13.0 Å². The highest BCUT2D eigenvalue weighted by Gasteiger charge is 2.18. The zero-order valence-electron chi connectivity index (χ0n) is 10.3. The minimum atomic E-state index is -3.49. The highest BCUT2D eigenvalue weighted by atomic mass is 79.9. The fraction of sp³-hybridized carbons (Fsp3) is 0.455. The lowest BCUT2D eigenvalue weighted by Gasteiger charge is -2.12. The third-order valence-corrected chi connectivity index (χ3v) is 5.87. The van der Waals surface area contributed by atoms with Crippen LogP contribution in [0, 0.1) is 0 Å². The van der Waals surface area contributed by atoms with Gasteiger partial charge in [0.1, 0.15) is 0 Å². The molecular formula is C11H17BrN2O2S2. The molecule has 7 heteroatoms. The topological polar surface area (TPSA) is 72.2 Å². The summed E-state index contributed by atoms with van der Waals surface area (Å²) >= 11 is 4.87. The van der Waals surface area contributed by atoms with Crippen LogP contribution in [0.1, 0.15) is 12.5 Å². The second-order valence-corrected chi connectivity index (χ2v) is 7.73. The van der Waals surface area contributed by atoms with Gasteiger partial charge in [-0.3, -0.25) is 0 Å². The van der Waals surface area contributed by atoms with E-state index in [1.54, 1.807) is 30.0 Å². The minimum absolute atomic E-state index is 0.233. The fourth-order valence-electron chi connectivity index (χ4n) is 1.27. The summed E-state index contributed by atoms with van der Waals surface area (Å²) in [5.74, 6) is 0. The van der Waals surface area contributed by atoms with Gasteiger partial charge in [0.25, 0.3) is 0 Å². The molecule has 0 amide bonds. The smallest absolute Gasteiger partial charge is 0.241 e. The lowest BCUT2D eigenvalue weighted by molar-refractivity contribution is 0.581. The Bertz CT molecular complexity index is 506. The average molecular weight is 353 g/mol. The lowest BCUT2D eigenvalue weighted by Crippen LogP contribution is -2.29. The van der Waals surface area contributed by atoms with Crippen LogP contribution in [0.4, 0.5) is 0 Å². The Hall–Kier alpha value is -0.0800. The third kappa shape index (κ3) is 4.24. The molecule has 0 spiro atoms. The van der Waals surface area contributed by atoms with Crippen LogP contribution in [0.25, 0.3) is 0 Å². The van der Waals surface area contributed by atoms with Gasteiger partial charge in [-0.25, -0.2) is 13.1 Å². The molecule has 18 heavy (non-hydrogen) atoms. The van der Waals surface area contributed by atoms with Crippen LogP contribution in [0.2, 0.25) is 0 Å². The molecule has 0 heterocycles. The molecule has 1 aromatic rings. The van der Waals surface area contributed by atoms with Gasteiger partial charge in [0.2, 0.25) is 10.0 Å². The van der Waals surface area contributed by atoms with E-state index in [1.807, 2.05) is 13.2 Å². The Kier molecular flexibility index (Phi) is 6.13. The molecule has 3 N–H and O–H groups in total. The summed E-state index contributed by atoms with van der Waals surface area (Å²) in [6.45, 7) is 2.69. The number of nitrogens with two attached hydrogens (primary N) is 1. The highest BCUT2D eigenvalue weighted by molar-refractivity contribution is 9.10. The molecular weight excluding hydrogens is 336 g/mol. The molecule has 1 rings (SSSR count). The molecule has 0 aliphatic heterocycles. The number of thioether (sulfide) groups is 1. The van der Waals surface area contributed by atoms with Crippen molar-refractivity contribution in [2.45, 2.75) is 23.6 Å². The Morgan fingerprint density at radius 3 is 2.72 bits per heavy atom. The van der Waals surface area contributed by atoms with Crippen molar-refractivity contribution in [1.29, 1.82) is 0 Å². The summed E-state index contributed by atoms with van der Waals surface area (Å²) in [5.41, 5.74) is 6.31. The molecule has 0 saturated heterocycles. The summed E-state index contributed by atoms with van der Waals surface area (Å²) < 4.78 is 27.4. The second kappa shape index (κ2) is 6.91. The van der Waals surface area contributed by atoms with Crippen molar-refractivity contribution in [3.63, 3.8) is 0 Å². The van der Waals surface area contributed by atoms with Gasteiger partial charge in [0, 0.05) is 22.8 Å². The van der Waals surface area contributed by atoms with Gasteiger partial charge in [0.15, 0.2) is 0 Å². The standard InChI is InChI=1S/C11H17BrN2O2S2/c1-8(17-2)7-14-18(15,16)11-5-9(6-13)3-4-10(11)12/h3-5,8,14H,6-7,13H2,1-2H3. The van der Waals surface area contributed by atoms with Crippen molar-refractivity contribution < 1.29 is 8.42 Å². The zero-order chi connectivity index (χ0) is 13.8. The molecule has 0 saturated carbocycles. The van der Waals surface area contributed by atoms with E-state index < -0.39 is 10.0 Å². The van der Waals surface area contributed by atoms with Crippen molar-refractivity contribution in [2.75, 3.05) is 12.8 Å². The predicted molar refractivity (Wildman–Crippen MR) is 80.2 cm³/mol. The summed E-state index contributed by atoms with van der Waals surface area (Å²) in [6, 6.07) is 5.10. The van der Waals surface area contributed by atoms with E-state index in [0.717, 1.165) is 5.56 Å². The number of hydrogen-bond acceptors (Lipinski definition) is 4. The summed E-state index contributed by atoms with van der Waals surface area (Å²) in [5, 5.41) is 0.233. The van der Waals surface area contributed by atoms with E-state index in [2.05, 4.69) is 20.7 Å². The number of rotatable bonds is 6. The summed E-state index contributed by atoms with van der Waals surface area (Å²) in [4.78, 5) is 0.235. The van der Waals surface area contributed by atoms with Crippen molar-refractivity contribution in [1.82, 2.24) is 4.72 Å². The van der Waals surface area contributed by atoms with Crippen molar-refractivity contribution in [3.05, 3.63) is 28.2 Å². The van der Waals surface area contributed by atoms with E-state index in [9.17, 15) is 8.42 Å². The molecule has 1 unspecified atom stereocenters. The maximum absolute atomic E-state index is 12.2. The van der Waals surface area contributed by atoms with Crippen molar-refractivity contribution in [2.24, 2.45) is 5.73 Å². The largest absolute Gasteiger partial charge is 0.326 e. The molecule has 0 aliphatic rings. The Morgan fingerprint density at radius 1 is 1.50 bits per heavy atom. The van der Waals surface area contributed by atoms with Crippen LogP contribution in [0.3, 0.4) is 0 Å². The molecule has 1 atom stereocenters. The second-order valence-electron chi connectivity index (χ2n) is 3.87. The maximum Gasteiger partial charge on any atom is 0.241 e. The van der Waals surface area contributed by atoms with Crippen LogP contribution >= 0.6 is 27.7 Å². The number of sulfonamides is 1. The minimum Gasteiger partial charge on any atom is -0.326 e. The van der Waals surface area contributed by atoms with Crippen molar-refractivity contribution in [3.8, 4) is 0 Å². The normalized spacial score (nSPS) is 13.6. The van der Waals surface area contributed by atoms with E-state index in [4.69, 9.17) is 5.73 Å². The van der Waals surface area contributed by atoms with Gasteiger partial charge in [-0.05, 0) is 39.9 Å². The average Bonchev–Trinajstić information content (AvgIpc) is 2.36. The molecule has 0 aliphatic carbocycles. The van der Waals surface area contributed by atoms with Crippen LogP contribution in [-0.4, -0.2) is 26.5 Å². The van der Waals surface area contributed by atoms with E-state index >= 15 is 0 Å². The highest BCUT2D eigenvalue weighted by Crippen LogP contribution is 2.23. The number of nitrogens with one attached hydrogen (secondary N) is 1. The van der Waals surface area contributed by atoms with Crippen LogP contribution in [0.5, 0.6) is 0 Å². The first-order chi connectivity index (χ1) is 8.40. The summed E-state index contributed by atoms with van der Waals surface area (Å²) in [6.07, 6.45) is 1.95. The van der Waals surface area contributed by atoms with E-state index in [-0.39, 0.29) is 10.1 Å². The number of hydrogen-bond donors (Lipinski definition) is 2. The predicted octanol–water partition coefficient (Wildman–Crippen LogP) is 1.94. The van der Waals surface area contributed by atoms with Gasteiger partial charge in [-0.2, -0.15) is 11.8 Å². The molecule has 0 fully saturated rings. The maximum atomic E-state index is 12.2. The van der Waals surface area contributed by atoms with Crippen LogP contribution < -0.4 is 10.5 Å². The molecule has 0 aromatic heterocycles. The molecule has 0 bridgehead atoms. The number of halogens is 1. The first-order valence-electron chi connectivity index (χ1n) is 5.41. The monoisotopic (exact) mass is 352 g/mol. The Labute approximate surface area is 121 Å². The molecule has 4 nitrogen and oxygen atoms in total. The zero-order valence-corrected chi connectivity index (χ0v) is 13.5. The van der Waals surface area contributed by atoms with E-state index in [1.165, 1.54) is 0 Å². The van der Waals surface area contributed by atoms with Crippen molar-refractivity contribution >= 4 is 37.7 Å². The van der Waals surface area contributed by atoms with Crippen LogP contribution in [-0.2, 0) is 16.6 Å². The SMILES string of the molecule is CSC(C)CNS(=O)(=O)c1cc(CN)ccc1Br. The van der Waals surface area contributed by atoms with Gasteiger partial charge >= 0.3 is 0 Å². The third-order valence-electron chi connectivity index (χ3n) is 2.48. The van der Waals surface area contributed by atoms with Crippen LogP contribution in [0.15, 0.2) is 27.6 Å². The Morgan fingerprint density at radius 2 is 2.17 bits per heavy atom. The van der Waals surface area contributed by atoms with Gasteiger partial charge < -0.3 is 5.73 Å². The summed E-state index contributed by atoms with van der Waals surface area (Å²) in [7, 11) is -3.49.